The van der Waals surface area contributed by atoms with Crippen LogP contribution < -0.4 is 33.2 Å². The van der Waals surface area contributed by atoms with Crippen LogP contribution in [0, 0.1) is 11.8 Å². The molecule has 0 bridgehead atoms. The Balaban J connectivity index is 1.29. The van der Waals surface area contributed by atoms with E-state index in [0.29, 0.717) is 56.9 Å². The van der Waals surface area contributed by atoms with Crippen molar-refractivity contribution < 1.29 is 53.2 Å². The lowest BCUT2D eigenvalue weighted by molar-refractivity contribution is 0.0281. The van der Waals surface area contributed by atoms with Crippen molar-refractivity contribution in [1.29, 1.82) is 0 Å². The monoisotopic (exact) mass is 732 g/mol. The predicted octanol–water partition coefficient (Wildman–Crippen LogP) is 7.31. The third kappa shape index (κ3) is 8.44. The highest BCUT2D eigenvalue weighted by atomic mass is 16.5. The minimum atomic E-state index is -0.963. The summed E-state index contributed by atoms with van der Waals surface area (Å²) in [6, 6.07) is 21.9. The van der Waals surface area contributed by atoms with E-state index in [0.717, 1.165) is 11.1 Å². The fraction of sp³-hybridized carbons (Fsp3) is 0.429. The Bertz CT molecular complexity index is 1700. The van der Waals surface area contributed by atoms with Gasteiger partial charge in [-0.05, 0) is 96.5 Å². The molecule has 11 heteroatoms. The molecule has 11 nitrogen and oxygen atoms in total. The number of methoxy groups -OCH3 is 5. The summed E-state index contributed by atoms with van der Waals surface area (Å²) in [6.07, 6.45) is -3.58. The molecular formula is C42H52O11. The second-order valence-electron chi connectivity index (χ2n) is 13.4. The second kappa shape index (κ2) is 17.4. The fourth-order valence-electron chi connectivity index (χ4n) is 6.85. The van der Waals surface area contributed by atoms with Crippen molar-refractivity contribution in [2.24, 2.45) is 11.8 Å². The van der Waals surface area contributed by atoms with E-state index >= 15 is 0 Å². The van der Waals surface area contributed by atoms with Crippen LogP contribution >= 0.6 is 0 Å². The van der Waals surface area contributed by atoms with Gasteiger partial charge in [0, 0.05) is 5.56 Å². The maximum absolute atomic E-state index is 11.1. The van der Waals surface area contributed by atoms with E-state index in [-0.39, 0.29) is 30.7 Å². The summed E-state index contributed by atoms with van der Waals surface area (Å²) >= 11 is 0. The van der Waals surface area contributed by atoms with E-state index in [2.05, 4.69) is 13.8 Å². The molecular weight excluding hydrogens is 680 g/mol. The van der Waals surface area contributed by atoms with Crippen molar-refractivity contribution in [1.82, 2.24) is 0 Å². The Kier molecular flexibility index (Phi) is 13.0. The average molecular weight is 733 g/mol. The molecule has 1 aliphatic heterocycles. The molecule has 0 saturated carbocycles. The van der Waals surface area contributed by atoms with Crippen molar-refractivity contribution in [3.8, 4) is 40.2 Å². The van der Waals surface area contributed by atoms with E-state index in [1.54, 1.807) is 78.7 Å². The summed E-state index contributed by atoms with van der Waals surface area (Å²) in [6.45, 7) is 7.71. The van der Waals surface area contributed by atoms with Crippen LogP contribution in [0.4, 0.5) is 0 Å². The molecule has 1 fully saturated rings. The third-order valence-corrected chi connectivity index (χ3v) is 10.2. The molecule has 8 unspecified atom stereocenters. The zero-order chi connectivity index (χ0) is 38.4. The van der Waals surface area contributed by atoms with Gasteiger partial charge in [0.2, 0.25) is 0 Å². The number of rotatable bonds is 16. The first-order valence-corrected chi connectivity index (χ1v) is 17.7. The molecule has 286 valence electrons. The van der Waals surface area contributed by atoms with Gasteiger partial charge in [0.1, 0.15) is 30.2 Å². The van der Waals surface area contributed by atoms with Crippen LogP contribution in [0.2, 0.25) is 0 Å². The van der Waals surface area contributed by atoms with E-state index in [1.165, 1.54) is 7.11 Å². The molecule has 1 heterocycles. The highest BCUT2D eigenvalue weighted by Gasteiger charge is 2.41. The molecule has 1 saturated heterocycles. The van der Waals surface area contributed by atoms with Gasteiger partial charge in [-0.1, -0.05) is 38.1 Å². The molecule has 5 rings (SSSR count). The van der Waals surface area contributed by atoms with Crippen molar-refractivity contribution in [3.63, 3.8) is 0 Å². The largest absolute Gasteiger partial charge is 0.496 e. The quantitative estimate of drug-likeness (QED) is 0.107. The van der Waals surface area contributed by atoms with Gasteiger partial charge in [0.05, 0.1) is 54.4 Å². The lowest BCUT2D eigenvalue weighted by atomic mass is 9.85. The lowest BCUT2D eigenvalue weighted by Gasteiger charge is -2.24. The Morgan fingerprint density at radius 3 is 1.36 bits per heavy atom. The van der Waals surface area contributed by atoms with Gasteiger partial charge in [-0.2, -0.15) is 0 Å². The molecule has 0 aliphatic carbocycles. The predicted molar refractivity (Wildman–Crippen MR) is 199 cm³/mol. The molecule has 0 amide bonds. The Morgan fingerprint density at radius 1 is 0.528 bits per heavy atom. The number of hydrogen-bond acceptors (Lipinski definition) is 11. The number of hydrogen-bond donors (Lipinski definition) is 3. The van der Waals surface area contributed by atoms with Crippen molar-refractivity contribution in [2.75, 3.05) is 35.5 Å². The van der Waals surface area contributed by atoms with Gasteiger partial charge in [-0.3, -0.25) is 0 Å². The van der Waals surface area contributed by atoms with Gasteiger partial charge in [-0.15, -0.1) is 0 Å². The second-order valence-corrected chi connectivity index (χ2v) is 13.4. The standard InChI is InChI=1S/C42H52O11/c1-23-24(2)42(30-13-17-35(38(21-30)50-9)52-26(4)40(45)28-11-15-33(47-6)36(19-28)48-7)53-41(23)29-12-16-34(37(20-29)49-8)51-25(3)39(44)27-10-14-32(46-5)31(18-27)22-43/h10-21,23-26,39-45H,22H2,1-9H3. The maximum atomic E-state index is 11.1. The van der Waals surface area contributed by atoms with Crippen LogP contribution in [-0.4, -0.2) is 63.1 Å². The van der Waals surface area contributed by atoms with Crippen LogP contribution in [0.1, 0.15) is 79.9 Å². The van der Waals surface area contributed by atoms with E-state index in [1.807, 2.05) is 36.4 Å². The van der Waals surface area contributed by atoms with Gasteiger partial charge in [0.25, 0.3) is 0 Å². The first kappa shape index (κ1) is 39.5. The smallest absolute Gasteiger partial charge is 0.161 e. The summed E-state index contributed by atoms with van der Waals surface area (Å²) in [5, 5.41) is 31.9. The first-order valence-electron chi connectivity index (χ1n) is 17.7. The SMILES string of the molecule is COc1ccc(C(O)C(C)Oc2ccc(C3OC(c4ccc(OC(C)C(O)c5ccc(OC)c(OC)c5)c(OC)c4)C(C)C3C)cc2OC)cc1CO. The van der Waals surface area contributed by atoms with Gasteiger partial charge in [0.15, 0.2) is 34.5 Å². The minimum absolute atomic E-state index is 0.159. The Labute approximate surface area is 311 Å². The molecule has 4 aromatic carbocycles. The number of ether oxygens (including phenoxy) is 8. The average Bonchev–Trinajstić information content (AvgIpc) is 3.49. The van der Waals surface area contributed by atoms with Crippen LogP contribution in [0.25, 0.3) is 0 Å². The zero-order valence-electron chi connectivity index (χ0n) is 31.9. The highest BCUT2D eigenvalue weighted by molar-refractivity contribution is 5.47. The molecule has 0 radical (unpaired) electrons. The number of aliphatic hydroxyl groups excluding tert-OH is 3. The Hall–Kier alpha value is -4.68. The zero-order valence-corrected chi connectivity index (χ0v) is 31.9. The molecule has 0 spiro atoms. The normalized spacial score (nSPS) is 20.5. The Morgan fingerprint density at radius 2 is 0.925 bits per heavy atom. The topological polar surface area (TPSA) is 135 Å². The molecule has 4 aromatic rings. The fourth-order valence-corrected chi connectivity index (χ4v) is 6.85. The maximum Gasteiger partial charge on any atom is 0.161 e. The summed E-state index contributed by atoms with van der Waals surface area (Å²) in [5.74, 6) is 4.00. The highest BCUT2D eigenvalue weighted by Crippen LogP contribution is 2.51. The van der Waals surface area contributed by atoms with Gasteiger partial charge >= 0.3 is 0 Å². The first-order chi connectivity index (χ1) is 25.5. The summed E-state index contributed by atoms with van der Waals surface area (Å²) < 4.78 is 46.7. The molecule has 3 N–H and O–H groups in total. The molecule has 8 atom stereocenters. The molecule has 53 heavy (non-hydrogen) atoms. The lowest BCUT2D eigenvalue weighted by Crippen LogP contribution is -2.22. The van der Waals surface area contributed by atoms with Crippen LogP contribution in [-0.2, 0) is 11.3 Å². The molecule has 0 aromatic heterocycles. The van der Waals surface area contributed by atoms with E-state index < -0.39 is 24.4 Å². The minimum Gasteiger partial charge on any atom is -0.496 e. The van der Waals surface area contributed by atoms with Crippen molar-refractivity contribution >= 4 is 0 Å². The van der Waals surface area contributed by atoms with E-state index in [4.69, 9.17) is 37.9 Å². The summed E-state index contributed by atoms with van der Waals surface area (Å²) in [7, 11) is 7.82. The number of aliphatic hydroxyl groups is 3. The summed E-state index contributed by atoms with van der Waals surface area (Å²) in [5.41, 5.74) is 3.70. The number of benzene rings is 4. The van der Waals surface area contributed by atoms with Crippen molar-refractivity contribution in [2.45, 2.75) is 70.9 Å². The molecule has 1 aliphatic rings. The van der Waals surface area contributed by atoms with Gasteiger partial charge < -0.3 is 53.2 Å². The van der Waals surface area contributed by atoms with Crippen LogP contribution in [0.15, 0.2) is 72.8 Å². The van der Waals surface area contributed by atoms with Crippen LogP contribution in [0.5, 0.6) is 40.2 Å². The van der Waals surface area contributed by atoms with E-state index in [9.17, 15) is 15.3 Å². The summed E-state index contributed by atoms with van der Waals surface area (Å²) in [4.78, 5) is 0. The van der Waals surface area contributed by atoms with Crippen LogP contribution in [0.3, 0.4) is 0 Å². The van der Waals surface area contributed by atoms with Gasteiger partial charge in [-0.25, -0.2) is 0 Å². The van der Waals surface area contributed by atoms with Crippen molar-refractivity contribution in [3.05, 3.63) is 101 Å². The third-order valence-electron chi connectivity index (χ3n) is 10.2.